The number of carbonyl (C=O) groups excluding carboxylic acids is 3. The van der Waals surface area contributed by atoms with Gasteiger partial charge in [-0.05, 0) is 70.6 Å². The van der Waals surface area contributed by atoms with Crippen LogP contribution in [0.1, 0.15) is 323 Å². The van der Waals surface area contributed by atoms with Gasteiger partial charge in [0.25, 0.3) is 0 Å². The third-order valence-corrected chi connectivity index (χ3v) is 13.4. The maximum atomic E-state index is 12.9. The Kier molecular flexibility index (Phi) is 55.2. The molecule has 1 unspecified atom stereocenters. The molecule has 0 aliphatic heterocycles. The number of hydrogen-bond donors (Lipinski definition) is 0. The molecule has 0 aliphatic rings. The molecule has 6 heteroatoms. The number of ether oxygens (including phenoxy) is 3. The molecular formula is C62H114O6. The van der Waals surface area contributed by atoms with Crippen molar-refractivity contribution >= 4 is 17.9 Å². The highest BCUT2D eigenvalue weighted by atomic mass is 16.6. The Hall–Kier alpha value is -2.37. The van der Waals surface area contributed by atoms with Gasteiger partial charge in [-0.1, -0.05) is 269 Å². The first-order valence-electron chi connectivity index (χ1n) is 30.0. The van der Waals surface area contributed by atoms with Crippen molar-refractivity contribution in [2.45, 2.75) is 329 Å². The summed E-state index contributed by atoms with van der Waals surface area (Å²) in [5, 5.41) is 0. The van der Waals surface area contributed by atoms with E-state index in [1.807, 2.05) is 0 Å². The molecule has 0 rings (SSSR count). The first kappa shape index (κ1) is 65.6. The maximum absolute atomic E-state index is 12.9. The van der Waals surface area contributed by atoms with Crippen LogP contribution in [0.25, 0.3) is 0 Å². The molecule has 0 saturated heterocycles. The summed E-state index contributed by atoms with van der Waals surface area (Å²) in [4.78, 5) is 38.2. The topological polar surface area (TPSA) is 78.9 Å². The summed E-state index contributed by atoms with van der Waals surface area (Å²) in [6.45, 7) is 6.63. The molecule has 0 heterocycles. The Morgan fingerprint density at radius 2 is 0.544 bits per heavy atom. The summed E-state index contributed by atoms with van der Waals surface area (Å²) in [5.74, 6) is -0.870. The zero-order valence-electron chi connectivity index (χ0n) is 45.6. The standard InChI is InChI=1S/C62H114O6/c1-4-7-10-13-16-19-22-25-28-30-31-33-34-37-40-43-46-49-52-55-61(64)67-58-59(57-66-60(63)54-51-48-45-42-39-36-27-24-21-18-15-12-9-6-3)68-62(65)56-53-50-47-44-41-38-35-32-29-26-23-20-17-14-11-8-5-2/h15,18,24-25,27-28,59H,4-14,16-17,19-23,26,29-58H2,1-3H3/b18-15-,27-24-,28-25-. The normalized spacial score (nSPS) is 12.2. The van der Waals surface area contributed by atoms with Crippen LogP contribution in [0.15, 0.2) is 36.5 Å². The third kappa shape index (κ3) is 54.6. The van der Waals surface area contributed by atoms with Crippen molar-refractivity contribution in [3.63, 3.8) is 0 Å². The average molecular weight is 956 g/mol. The van der Waals surface area contributed by atoms with E-state index >= 15 is 0 Å². The molecule has 1 atom stereocenters. The van der Waals surface area contributed by atoms with E-state index in [-0.39, 0.29) is 31.1 Å². The van der Waals surface area contributed by atoms with Crippen molar-refractivity contribution in [3.8, 4) is 0 Å². The van der Waals surface area contributed by atoms with Crippen LogP contribution in [0.2, 0.25) is 0 Å². The highest BCUT2D eigenvalue weighted by Gasteiger charge is 2.19. The van der Waals surface area contributed by atoms with E-state index in [4.69, 9.17) is 14.2 Å². The van der Waals surface area contributed by atoms with Gasteiger partial charge in [-0.25, -0.2) is 0 Å². The summed E-state index contributed by atoms with van der Waals surface area (Å²) in [6, 6.07) is 0. The second kappa shape index (κ2) is 57.2. The van der Waals surface area contributed by atoms with Gasteiger partial charge in [0.15, 0.2) is 6.10 Å². The first-order chi connectivity index (χ1) is 33.5. The predicted octanol–water partition coefficient (Wildman–Crippen LogP) is 20.0. The average Bonchev–Trinajstić information content (AvgIpc) is 3.34. The quantitative estimate of drug-likeness (QED) is 0.0262. The van der Waals surface area contributed by atoms with Gasteiger partial charge < -0.3 is 14.2 Å². The van der Waals surface area contributed by atoms with Crippen molar-refractivity contribution < 1.29 is 28.6 Å². The van der Waals surface area contributed by atoms with Crippen LogP contribution >= 0.6 is 0 Å². The number of esters is 3. The summed E-state index contributed by atoms with van der Waals surface area (Å²) < 4.78 is 16.9. The van der Waals surface area contributed by atoms with Crippen molar-refractivity contribution in [2.24, 2.45) is 0 Å². The van der Waals surface area contributed by atoms with Gasteiger partial charge in [0.2, 0.25) is 0 Å². The van der Waals surface area contributed by atoms with E-state index in [9.17, 15) is 14.4 Å². The second-order valence-corrected chi connectivity index (χ2v) is 20.3. The first-order valence-corrected chi connectivity index (χ1v) is 30.0. The van der Waals surface area contributed by atoms with Crippen LogP contribution in [0.5, 0.6) is 0 Å². The SMILES string of the molecule is CCCC/C=C\C/C=C\CCCCCCCC(=O)OCC(COC(=O)CCCCCCCCCCC/C=C\CCCCCCCC)OC(=O)CCCCCCCCCCCCCCCCCCC. The minimum absolute atomic E-state index is 0.0740. The monoisotopic (exact) mass is 955 g/mol. The largest absolute Gasteiger partial charge is 0.462 e. The van der Waals surface area contributed by atoms with Crippen molar-refractivity contribution in [3.05, 3.63) is 36.5 Å². The van der Waals surface area contributed by atoms with Crippen LogP contribution in [0.3, 0.4) is 0 Å². The van der Waals surface area contributed by atoms with Crippen molar-refractivity contribution in [1.29, 1.82) is 0 Å². The number of hydrogen-bond acceptors (Lipinski definition) is 6. The van der Waals surface area contributed by atoms with Crippen LogP contribution in [0.4, 0.5) is 0 Å². The van der Waals surface area contributed by atoms with Gasteiger partial charge in [-0.2, -0.15) is 0 Å². The molecule has 0 radical (unpaired) electrons. The minimum Gasteiger partial charge on any atom is -0.462 e. The van der Waals surface area contributed by atoms with Crippen LogP contribution in [-0.4, -0.2) is 37.2 Å². The third-order valence-electron chi connectivity index (χ3n) is 13.4. The zero-order valence-corrected chi connectivity index (χ0v) is 45.6. The van der Waals surface area contributed by atoms with E-state index in [1.54, 1.807) is 0 Å². The van der Waals surface area contributed by atoms with Gasteiger partial charge in [0, 0.05) is 19.3 Å². The lowest BCUT2D eigenvalue weighted by atomic mass is 10.0. The number of rotatable bonds is 55. The summed E-state index contributed by atoms with van der Waals surface area (Å²) in [6.07, 6.45) is 68.5. The highest BCUT2D eigenvalue weighted by Crippen LogP contribution is 2.17. The molecule has 398 valence electrons. The Labute approximate surface area is 423 Å². The lowest BCUT2D eigenvalue weighted by Gasteiger charge is -2.18. The van der Waals surface area contributed by atoms with E-state index in [1.165, 1.54) is 205 Å². The second-order valence-electron chi connectivity index (χ2n) is 20.3. The fraction of sp³-hybridized carbons (Fsp3) is 0.855. The molecular weight excluding hydrogens is 841 g/mol. The Morgan fingerprint density at radius 3 is 0.868 bits per heavy atom. The van der Waals surface area contributed by atoms with Gasteiger partial charge in [-0.15, -0.1) is 0 Å². The Morgan fingerprint density at radius 1 is 0.294 bits per heavy atom. The summed E-state index contributed by atoms with van der Waals surface area (Å²) >= 11 is 0. The molecule has 0 aromatic rings. The fourth-order valence-corrected chi connectivity index (χ4v) is 8.81. The number of unbranched alkanes of at least 4 members (excludes halogenated alkanes) is 38. The van der Waals surface area contributed by atoms with Gasteiger partial charge >= 0.3 is 17.9 Å². The number of carbonyl (C=O) groups is 3. The molecule has 6 nitrogen and oxygen atoms in total. The Balaban J connectivity index is 4.33. The predicted molar refractivity (Wildman–Crippen MR) is 293 cm³/mol. The summed E-state index contributed by atoms with van der Waals surface area (Å²) in [5.41, 5.74) is 0. The molecule has 0 saturated carbocycles. The molecule has 0 N–H and O–H groups in total. The van der Waals surface area contributed by atoms with Crippen LogP contribution < -0.4 is 0 Å². The van der Waals surface area contributed by atoms with E-state index < -0.39 is 6.10 Å². The van der Waals surface area contributed by atoms with Gasteiger partial charge in [0.05, 0.1) is 0 Å². The molecule has 0 aromatic carbocycles. The van der Waals surface area contributed by atoms with E-state index in [0.717, 1.165) is 77.0 Å². The fourth-order valence-electron chi connectivity index (χ4n) is 8.81. The van der Waals surface area contributed by atoms with Crippen molar-refractivity contribution in [2.75, 3.05) is 13.2 Å². The van der Waals surface area contributed by atoms with Crippen LogP contribution in [0, 0.1) is 0 Å². The van der Waals surface area contributed by atoms with E-state index in [0.29, 0.717) is 19.3 Å². The smallest absolute Gasteiger partial charge is 0.306 e. The summed E-state index contributed by atoms with van der Waals surface area (Å²) in [7, 11) is 0. The molecule has 0 aromatic heterocycles. The Bertz CT molecular complexity index is 1140. The molecule has 0 bridgehead atoms. The molecule has 0 amide bonds. The van der Waals surface area contributed by atoms with Crippen LogP contribution in [-0.2, 0) is 28.6 Å². The lowest BCUT2D eigenvalue weighted by Crippen LogP contribution is -2.30. The lowest BCUT2D eigenvalue weighted by molar-refractivity contribution is -0.167. The molecule has 0 spiro atoms. The molecule has 0 fully saturated rings. The van der Waals surface area contributed by atoms with Gasteiger partial charge in [0.1, 0.15) is 13.2 Å². The molecule has 68 heavy (non-hydrogen) atoms. The minimum atomic E-state index is -0.776. The zero-order chi connectivity index (χ0) is 49.3. The van der Waals surface area contributed by atoms with Gasteiger partial charge in [-0.3, -0.25) is 14.4 Å². The van der Waals surface area contributed by atoms with E-state index in [2.05, 4.69) is 57.2 Å². The highest BCUT2D eigenvalue weighted by molar-refractivity contribution is 5.71. The molecule has 0 aliphatic carbocycles. The van der Waals surface area contributed by atoms with Crippen molar-refractivity contribution in [1.82, 2.24) is 0 Å². The maximum Gasteiger partial charge on any atom is 0.306 e. The number of allylic oxidation sites excluding steroid dienone is 6.